The van der Waals surface area contributed by atoms with E-state index in [1.54, 1.807) is 0 Å². The summed E-state index contributed by atoms with van der Waals surface area (Å²) in [5.74, 6) is 0.850. The predicted molar refractivity (Wildman–Crippen MR) is 81.9 cm³/mol. The highest BCUT2D eigenvalue weighted by atomic mass is 79.9. The molecule has 1 fully saturated rings. The van der Waals surface area contributed by atoms with E-state index in [9.17, 15) is 0 Å². The highest BCUT2D eigenvalue weighted by Crippen LogP contribution is 2.32. The van der Waals surface area contributed by atoms with E-state index >= 15 is 0 Å². The Bertz CT molecular complexity index is 405. The van der Waals surface area contributed by atoms with Gasteiger partial charge in [-0.1, -0.05) is 35.7 Å². The molecule has 3 heteroatoms. The van der Waals surface area contributed by atoms with Crippen molar-refractivity contribution in [2.75, 3.05) is 11.9 Å². The Hall–Kier alpha value is -0.540. The van der Waals surface area contributed by atoms with Gasteiger partial charge in [0.2, 0.25) is 0 Å². The fourth-order valence-corrected chi connectivity index (χ4v) is 3.42. The molecule has 0 spiro atoms. The lowest BCUT2D eigenvalue weighted by molar-refractivity contribution is 0.336. The van der Waals surface area contributed by atoms with Crippen LogP contribution in [0.25, 0.3) is 0 Å². The lowest BCUT2D eigenvalue weighted by Crippen LogP contribution is -2.36. The zero-order chi connectivity index (χ0) is 13.1. The first-order valence-corrected chi connectivity index (χ1v) is 7.62. The molecule has 2 unspecified atom stereocenters. The molecule has 1 aliphatic rings. The number of rotatable bonds is 3. The van der Waals surface area contributed by atoms with Crippen molar-refractivity contribution in [3.63, 3.8) is 0 Å². The standard InChI is InChI=1S/C15H23BrN2/c1-11-4-3-5-14(8-11)18(2)15-7-6-13(16)9-12(15)10-17/h6-7,9,11,14H,3-5,8,10,17H2,1-2H3. The minimum atomic E-state index is 0.599. The molecular weight excluding hydrogens is 288 g/mol. The Morgan fingerprint density at radius 3 is 2.83 bits per heavy atom. The summed E-state index contributed by atoms with van der Waals surface area (Å²) in [7, 11) is 2.21. The molecule has 18 heavy (non-hydrogen) atoms. The Morgan fingerprint density at radius 2 is 2.17 bits per heavy atom. The lowest BCUT2D eigenvalue weighted by atomic mass is 9.86. The van der Waals surface area contributed by atoms with Gasteiger partial charge in [0.15, 0.2) is 0 Å². The van der Waals surface area contributed by atoms with Crippen LogP contribution in [0.3, 0.4) is 0 Å². The molecule has 2 N–H and O–H groups in total. The van der Waals surface area contributed by atoms with Crippen LogP contribution < -0.4 is 10.6 Å². The largest absolute Gasteiger partial charge is 0.371 e. The summed E-state index contributed by atoms with van der Waals surface area (Å²) in [6.45, 7) is 2.97. The molecule has 100 valence electrons. The molecule has 1 aliphatic carbocycles. The van der Waals surface area contributed by atoms with Crippen LogP contribution in [0.1, 0.15) is 38.2 Å². The third-order valence-corrected chi connectivity index (χ3v) is 4.59. The first-order valence-electron chi connectivity index (χ1n) is 6.83. The fraction of sp³-hybridized carbons (Fsp3) is 0.600. The van der Waals surface area contributed by atoms with Gasteiger partial charge >= 0.3 is 0 Å². The molecule has 1 saturated carbocycles. The maximum Gasteiger partial charge on any atom is 0.0412 e. The number of nitrogens with two attached hydrogens (primary N) is 1. The Balaban J connectivity index is 2.19. The van der Waals surface area contributed by atoms with Gasteiger partial charge in [-0.2, -0.15) is 0 Å². The van der Waals surface area contributed by atoms with Gasteiger partial charge in [0, 0.05) is 29.8 Å². The molecule has 1 aromatic carbocycles. The summed E-state index contributed by atoms with van der Waals surface area (Å²) >= 11 is 3.52. The van der Waals surface area contributed by atoms with Gasteiger partial charge in [-0.25, -0.2) is 0 Å². The number of hydrogen-bond donors (Lipinski definition) is 1. The zero-order valence-corrected chi connectivity index (χ0v) is 12.9. The zero-order valence-electron chi connectivity index (χ0n) is 11.3. The van der Waals surface area contributed by atoms with E-state index in [1.165, 1.54) is 36.9 Å². The lowest BCUT2D eigenvalue weighted by Gasteiger charge is -2.36. The van der Waals surface area contributed by atoms with Gasteiger partial charge in [-0.15, -0.1) is 0 Å². The van der Waals surface area contributed by atoms with Gasteiger partial charge in [-0.05, 0) is 42.5 Å². The van der Waals surface area contributed by atoms with Crippen molar-refractivity contribution < 1.29 is 0 Å². The highest BCUT2D eigenvalue weighted by molar-refractivity contribution is 9.10. The van der Waals surface area contributed by atoms with Crippen molar-refractivity contribution in [2.45, 2.75) is 45.2 Å². The molecular formula is C15H23BrN2. The summed E-state index contributed by atoms with van der Waals surface area (Å²) in [4.78, 5) is 2.43. The average molecular weight is 311 g/mol. The van der Waals surface area contributed by atoms with Crippen LogP contribution in [0, 0.1) is 5.92 Å². The van der Waals surface area contributed by atoms with Gasteiger partial charge < -0.3 is 10.6 Å². The quantitative estimate of drug-likeness (QED) is 0.916. The fourth-order valence-electron chi connectivity index (χ4n) is 3.01. The molecule has 0 radical (unpaired) electrons. The normalized spacial score (nSPS) is 24.0. The predicted octanol–water partition coefficient (Wildman–Crippen LogP) is 3.92. The van der Waals surface area contributed by atoms with Crippen molar-refractivity contribution in [1.29, 1.82) is 0 Å². The summed E-state index contributed by atoms with van der Waals surface area (Å²) in [5, 5.41) is 0. The second kappa shape index (κ2) is 6.07. The number of anilines is 1. The van der Waals surface area contributed by atoms with E-state index in [2.05, 4.69) is 53.0 Å². The molecule has 1 aromatic rings. The van der Waals surface area contributed by atoms with E-state index in [1.807, 2.05) is 0 Å². The maximum absolute atomic E-state index is 5.87. The Kier molecular flexibility index (Phi) is 4.68. The highest BCUT2D eigenvalue weighted by Gasteiger charge is 2.23. The Morgan fingerprint density at radius 1 is 1.39 bits per heavy atom. The smallest absolute Gasteiger partial charge is 0.0412 e. The second-order valence-electron chi connectivity index (χ2n) is 5.51. The number of halogens is 1. The minimum Gasteiger partial charge on any atom is -0.371 e. The number of nitrogens with zero attached hydrogens (tertiary/aromatic N) is 1. The molecule has 0 aromatic heterocycles. The van der Waals surface area contributed by atoms with Crippen molar-refractivity contribution in [2.24, 2.45) is 11.7 Å². The summed E-state index contributed by atoms with van der Waals surface area (Å²) < 4.78 is 1.11. The minimum absolute atomic E-state index is 0.599. The monoisotopic (exact) mass is 310 g/mol. The molecule has 2 atom stereocenters. The van der Waals surface area contributed by atoms with E-state index in [-0.39, 0.29) is 0 Å². The molecule has 0 heterocycles. The average Bonchev–Trinajstić information content (AvgIpc) is 2.37. The third kappa shape index (κ3) is 3.07. The Labute approximate surface area is 119 Å². The maximum atomic E-state index is 5.87. The molecule has 2 nitrogen and oxygen atoms in total. The van der Waals surface area contributed by atoms with Crippen LogP contribution in [0.15, 0.2) is 22.7 Å². The van der Waals surface area contributed by atoms with Crippen LogP contribution in [0.4, 0.5) is 5.69 Å². The first-order chi connectivity index (χ1) is 8.61. The molecule has 0 aliphatic heterocycles. The van der Waals surface area contributed by atoms with E-state index in [4.69, 9.17) is 5.73 Å². The van der Waals surface area contributed by atoms with Crippen LogP contribution in [-0.4, -0.2) is 13.1 Å². The third-order valence-electron chi connectivity index (χ3n) is 4.10. The summed E-state index contributed by atoms with van der Waals surface area (Å²) in [6, 6.07) is 7.10. The molecule has 0 bridgehead atoms. The van der Waals surface area contributed by atoms with Crippen molar-refractivity contribution in [1.82, 2.24) is 0 Å². The summed E-state index contributed by atoms with van der Waals surface area (Å²) in [6.07, 6.45) is 5.34. The van der Waals surface area contributed by atoms with Gasteiger partial charge in [0.05, 0.1) is 0 Å². The first kappa shape index (κ1) is 13.9. The molecule has 2 rings (SSSR count). The van der Waals surface area contributed by atoms with Crippen LogP contribution in [0.2, 0.25) is 0 Å². The SMILES string of the molecule is CC1CCCC(N(C)c2ccc(Br)cc2CN)C1. The van der Waals surface area contributed by atoms with Gasteiger partial charge in [0.1, 0.15) is 0 Å². The topological polar surface area (TPSA) is 29.3 Å². The molecule has 0 saturated heterocycles. The van der Waals surface area contributed by atoms with Crippen LogP contribution >= 0.6 is 15.9 Å². The second-order valence-corrected chi connectivity index (χ2v) is 6.43. The van der Waals surface area contributed by atoms with E-state index < -0.39 is 0 Å². The summed E-state index contributed by atoms with van der Waals surface area (Å²) in [5.41, 5.74) is 8.39. The van der Waals surface area contributed by atoms with E-state index in [0.717, 1.165) is 10.4 Å². The molecule has 0 amide bonds. The van der Waals surface area contributed by atoms with Crippen LogP contribution in [0.5, 0.6) is 0 Å². The number of benzene rings is 1. The van der Waals surface area contributed by atoms with Gasteiger partial charge in [-0.3, -0.25) is 0 Å². The van der Waals surface area contributed by atoms with Crippen molar-refractivity contribution >= 4 is 21.6 Å². The number of hydrogen-bond acceptors (Lipinski definition) is 2. The van der Waals surface area contributed by atoms with E-state index in [0.29, 0.717) is 12.6 Å². The van der Waals surface area contributed by atoms with Gasteiger partial charge in [0.25, 0.3) is 0 Å². The van der Waals surface area contributed by atoms with Crippen molar-refractivity contribution in [3.05, 3.63) is 28.2 Å². The van der Waals surface area contributed by atoms with Crippen molar-refractivity contribution in [3.8, 4) is 0 Å². The van der Waals surface area contributed by atoms with Crippen LogP contribution in [-0.2, 0) is 6.54 Å².